The summed E-state index contributed by atoms with van der Waals surface area (Å²) in [6.07, 6.45) is 5.33. The molecule has 0 saturated carbocycles. The van der Waals surface area contributed by atoms with Crippen LogP contribution < -0.4 is 9.30 Å². The number of hydrogen-bond acceptors (Lipinski definition) is 3. The van der Waals surface area contributed by atoms with Crippen molar-refractivity contribution in [2.24, 2.45) is 0 Å². The number of ether oxygens (including phenoxy) is 1. The quantitative estimate of drug-likeness (QED) is 0.113. The van der Waals surface area contributed by atoms with Crippen LogP contribution in [0.5, 0.6) is 11.5 Å². The molecule has 3 heterocycles. The molecule has 0 fully saturated rings. The summed E-state index contributed by atoms with van der Waals surface area (Å²) in [5.74, 6) is 1.95. The Kier molecular flexibility index (Phi) is 8.22. The molecule has 0 unspecified atom stereocenters. The zero-order valence-electron chi connectivity index (χ0n) is 49.2. The molecule has 0 aliphatic carbocycles. The second-order valence-corrected chi connectivity index (χ2v) is 20.0. The molecule has 6 nitrogen and oxygen atoms in total. The number of rotatable bonds is 8. The summed E-state index contributed by atoms with van der Waals surface area (Å²) in [6, 6.07) is 31.3. The molecule has 0 aliphatic heterocycles. The first-order valence-corrected chi connectivity index (χ1v) is 22.4. The first-order valence-electron chi connectivity index (χ1n) is 27.4. The Labute approximate surface area is 408 Å². The summed E-state index contributed by atoms with van der Waals surface area (Å²) in [5.41, 5.74) is 5.43. The van der Waals surface area contributed by atoms with Crippen LogP contribution >= 0.6 is 0 Å². The third-order valence-corrected chi connectivity index (χ3v) is 12.1. The third-order valence-electron chi connectivity index (χ3n) is 12.1. The smallest absolute Gasteiger partial charge is 0.233 e. The van der Waals surface area contributed by atoms with E-state index in [1.807, 2.05) is 72.9 Å². The largest absolute Gasteiger partial charge is 0.458 e. The number of benzene rings is 7. The molecule has 0 N–H and O–H groups in total. The van der Waals surface area contributed by atoms with Crippen molar-refractivity contribution in [3.63, 3.8) is 0 Å². The molecular weight excluding hydrogens is 819 g/mol. The van der Waals surface area contributed by atoms with Crippen molar-refractivity contribution >= 4 is 21.8 Å². The molecule has 0 bridgehead atoms. The number of nitrogens with zero attached hydrogens (tertiary/aromatic N) is 5. The van der Waals surface area contributed by atoms with Crippen LogP contribution in [0.25, 0.3) is 72.6 Å². The van der Waals surface area contributed by atoms with Gasteiger partial charge in [-0.2, -0.15) is 4.68 Å². The number of hydrogen-bond donors (Lipinski definition) is 0. The minimum absolute atomic E-state index is 0.103. The van der Waals surface area contributed by atoms with E-state index in [1.165, 1.54) is 4.68 Å². The predicted octanol–water partition coefficient (Wildman–Crippen LogP) is 15.1. The van der Waals surface area contributed by atoms with E-state index in [2.05, 4.69) is 104 Å². The molecule has 0 amide bonds. The zero-order chi connectivity index (χ0) is 55.4. The molecule has 6 heteroatoms. The van der Waals surface area contributed by atoms with E-state index < -0.39 is 60.4 Å². The molecule has 67 heavy (non-hydrogen) atoms. The monoisotopic (exact) mass is 886 g/mol. The Morgan fingerprint density at radius 3 is 1.79 bits per heavy atom. The lowest BCUT2D eigenvalue weighted by Crippen LogP contribution is -2.33. The van der Waals surface area contributed by atoms with Crippen LogP contribution in [0.3, 0.4) is 0 Å². The summed E-state index contributed by atoms with van der Waals surface area (Å²) in [6.45, 7) is 19.2. The van der Waals surface area contributed by atoms with Crippen molar-refractivity contribution in [2.75, 3.05) is 0 Å². The molecule has 0 aliphatic rings. The van der Waals surface area contributed by atoms with E-state index in [9.17, 15) is 5.48 Å². The molecule has 10 aromatic rings. The van der Waals surface area contributed by atoms with Gasteiger partial charge in [-0.05, 0) is 103 Å². The number of aromatic nitrogens is 5. The van der Waals surface area contributed by atoms with Crippen LogP contribution in [-0.2, 0) is 16.2 Å². The molecule has 0 spiro atoms. The molecule has 7 aromatic carbocycles. The minimum atomic E-state index is -0.583. The average molecular weight is 886 g/mol. The fourth-order valence-corrected chi connectivity index (χ4v) is 8.43. The third kappa shape index (κ3) is 8.45. The fraction of sp³-hybridized carbons (Fsp3) is 0.197. The van der Waals surface area contributed by atoms with Gasteiger partial charge in [-0.1, -0.05) is 189 Å². The minimum Gasteiger partial charge on any atom is -0.458 e. The maximum Gasteiger partial charge on any atom is 0.233 e. The molecule has 10 rings (SSSR count). The molecule has 0 atom stereocenters. The van der Waals surface area contributed by atoms with Crippen molar-refractivity contribution in [1.29, 1.82) is 0 Å². The Morgan fingerprint density at radius 2 is 1.15 bits per heavy atom. The zero-order valence-corrected chi connectivity index (χ0v) is 39.2. The topological polar surface area (TPSA) is 48.8 Å². The summed E-state index contributed by atoms with van der Waals surface area (Å²) < 4.78 is 101. The van der Waals surface area contributed by atoms with E-state index >= 15 is 0 Å². The highest BCUT2D eigenvalue weighted by Crippen LogP contribution is 2.40. The highest BCUT2D eigenvalue weighted by molar-refractivity contribution is 6.09. The SMILES string of the molecule is [2H]c1c([2H])c([2H])c(-c2cccc(-c3c([2H])c([2H])c([2H])c([2H])c3[2H])c2-c2nn(-c3cccc(Oc4ccc5c6ccccc6n(-c6cc(C(C)(C)C)ccn6)c5c4)c3)[c-][n+]2-c2cc(C(C)(C)C)cc(C(C)(C)C)c2)c([2H])c1[2H]. The summed E-state index contributed by atoms with van der Waals surface area (Å²) in [7, 11) is 0. The average Bonchev–Trinajstić information content (AvgIpc) is 4.02. The van der Waals surface area contributed by atoms with Gasteiger partial charge in [-0.15, -0.1) is 0 Å². The van der Waals surface area contributed by atoms with Crippen LogP contribution in [0.2, 0.25) is 0 Å². The lowest BCUT2D eigenvalue weighted by Gasteiger charge is -2.27. The van der Waals surface area contributed by atoms with Gasteiger partial charge in [0.15, 0.2) is 0 Å². The Morgan fingerprint density at radius 1 is 0.552 bits per heavy atom. The maximum absolute atomic E-state index is 9.22. The Bertz CT molecular complexity index is 3870. The number of fused-ring (bicyclic) bond motifs is 3. The van der Waals surface area contributed by atoms with E-state index in [1.54, 1.807) is 22.8 Å². The molecule has 0 radical (unpaired) electrons. The lowest BCUT2D eigenvalue weighted by atomic mass is 9.80. The van der Waals surface area contributed by atoms with Crippen LogP contribution in [0.4, 0.5) is 0 Å². The summed E-state index contributed by atoms with van der Waals surface area (Å²) >= 11 is 0. The maximum atomic E-state index is 9.22. The highest BCUT2D eigenvalue weighted by Gasteiger charge is 2.26. The number of para-hydroxylation sites is 1. The number of pyridine rings is 1. The molecule has 3 aromatic heterocycles. The molecular formula is C61H57N5O. The van der Waals surface area contributed by atoms with Crippen molar-refractivity contribution in [3.05, 3.63) is 205 Å². The Balaban J connectivity index is 1.22. The van der Waals surface area contributed by atoms with Crippen molar-refractivity contribution in [3.8, 4) is 62.3 Å². The predicted molar refractivity (Wildman–Crippen MR) is 275 cm³/mol. The standard InChI is InChI=1S/C61H57N5O/c1-59(2,3)43-32-33-62-56(37-43)66-54-29-17-16-26-52(54)53-31-30-49(39-55(53)66)67-48-25-18-24-46(38-48)65-40-64(47-35-44(60(4,5)6)34-45(36-47)61(7,8)9)58(63-65)57-50(41-20-12-10-13-21-41)27-19-28-51(57)42-22-14-11-15-23-42/h10-39H,1-9H3/i10D,11D,12D,13D,14D,15D,20D,21D,22D,23D. The van der Waals surface area contributed by atoms with Gasteiger partial charge in [0.25, 0.3) is 0 Å². The van der Waals surface area contributed by atoms with Crippen LogP contribution in [0.15, 0.2) is 182 Å². The summed E-state index contributed by atoms with van der Waals surface area (Å²) in [4.78, 5) is 4.85. The van der Waals surface area contributed by atoms with Gasteiger partial charge in [-0.3, -0.25) is 4.57 Å². The van der Waals surface area contributed by atoms with Gasteiger partial charge in [0.05, 0.1) is 30.4 Å². The fourth-order valence-electron chi connectivity index (χ4n) is 8.43. The van der Waals surface area contributed by atoms with Gasteiger partial charge in [0, 0.05) is 34.3 Å². The lowest BCUT2D eigenvalue weighted by molar-refractivity contribution is -0.589. The Hall–Kier alpha value is -7.57. The van der Waals surface area contributed by atoms with E-state index in [4.69, 9.17) is 23.0 Å². The second-order valence-electron chi connectivity index (χ2n) is 20.0. The van der Waals surface area contributed by atoms with E-state index in [0.717, 1.165) is 44.3 Å². The van der Waals surface area contributed by atoms with Gasteiger partial charge in [-0.25, -0.2) is 4.98 Å². The van der Waals surface area contributed by atoms with Gasteiger partial charge in [0.1, 0.15) is 17.3 Å². The second kappa shape index (κ2) is 16.7. The van der Waals surface area contributed by atoms with Crippen LogP contribution in [0.1, 0.15) is 92.7 Å². The van der Waals surface area contributed by atoms with Gasteiger partial charge in [0.2, 0.25) is 12.2 Å². The summed E-state index contributed by atoms with van der Waals surface area (Å²) in [5, 5.41) is 7.37. The van der Waals surface area contributed by atoms with Gasteiger partial charge >= 0.3 is 0 Å². The van der Waals surface area contributed by atoms with Crippen molar-refractivity contribution in [2.45, 2.75) is 78.6 Å². The van der Waals surface area contributed by atoms with Crippen LogP contribution in [-0.4, -0.2) is 19.3 Å². The normalized spacial score (nSPS) is 14.3. The van der Waals surface area contributed by atoms with Crippen molar-refractivity contribution < 1.29 is 23.0 Å². The highest BCUT2D eigenvalue weighted by atomic mass is 16.5. The van der Waals surface area contributed by atoms with E-state index in [0.29, 0.717) is 22.9 Å². The first-order chi connectivity index (χ1) is 36.2. The van der Waals surface area contributed by atoms with Crippen LogP contribution in [0, 0.1) is 6.33 Å². The van der Waals surface area contributed by atoms with E-state index in [-0.39, 0.29) is 49.9 Å². The first kappa shape index (κ1) is 33.0. The van der Waals surface area contributed by atoms with Crippen molar-refractivity contribution in [1.82, 2.24) is 19.3 Å². The molecule has 0 saturated heterocycles. The molecule has 332 valence electrons. The van der Waals surface area contributed by atoms with Gasteiger partial charge < -0.3 is 9.30 Å².